The SMILES string of the molecule is COc1ccccc1N(C)C1CC(C(=O)O)C1. The first-order chi connectivity index (χ1) is 8.13. The number of para-hydroxylation sites is 2. The second-order valence-electron chi connectivity index (χ2n) is 4.44. The highest BCUT2D eigenvalue weighted by atomic mass is 16.5. The van der Waals surface area contributed by atoms with Gasteiger partial charge in [-0.15, -0.1) is 0 Å². The van der Waals surface area contributed by atoms with Crippen molar-refractivity contribution in [1.82, 2.24) is 0 Å². The number of carboxylic acid groups (broad SMARTS) is 1. The van der Waals surface area contributed by atoms with Crippen molar-refractivity contribution in [3.8, 4) is 5.75 Å². The number of hydrogen-bond acceptors (Lipinski definition) is 3. The standard InChI is InChI=1S/C13H17NO3/c1-14(10-7-9(8-10)13(15)16)11-5-3-4-6-12(11)17-2/h3-6,9-10H,7-8H2,1-2H3,(H,15,16). The number of hydrogen-bond donors (Lipinski definition) is 1. The second kappa shape index (κ2) is 4.65. The van der Waals surface area contributed by atoms with Crippen LogP contribution in [0.1, 0.15) is 12.8 Å². The summed E-state index contributed by atoms with van der Waals surface area (Å²) >= 11 is 0. The quantitative estimate of drug-likeness (QED) is 0.867. The fourth-order valence-electron chi connectivity index (χ4n) is 2.22. The minimum atomic E-state index is -0.685. The maximum Gasteiger partial charge on any atom is 0.306 e. The number of benzene rings is 1. The van der Waals surface area contributed by atoms with Gasteiger partial charge in [0.15, 0.2) is 0 Å². The topological polar surface area (TPSA) is 49.8 Å². The van der Waals surface area contributed by atoms with Crippen LogP contribution in [0, 0.1) is 5.92 Å². The Hall–Kier alpha value is -1.71. The minimum Gasteiger partial charge on any atom is -0.495 e. The van der Waals surface area contributed by atoms with Crippen LogP contribution >= 0.6 is 0 Å². The Kier molecular flexibility index (Phi) is 3.22. The molecule has 0 amide bonds. The summed E-state index contributed by atoms with van der Waals surface area (Å²) in [5.74, 6) is -0.0411. The first kappa shape index (κ1) is 11.8. The van der Waals surface area contributed by atoms with Crippen LogP contribution in [0.4, 0.5) is 5.69 Å². The van der Waals surface area contributed by atoms with Crippen molar-refractivity contribution < 1.29 is 14.6 Å². The van der Waals surface area contributed by atoms with Gasteiger partial charge in [-0.1, -0.05) is 12.1 Å². The van der Waals surface area contributed by atoms with Crippen molar-refractivity contribution in [3.63, 3.8) is 0 Å². The minimum absolute atomic E-state index is 0.183. The lowest BCUT2D eigenvalue weighted by Crippen LogP contribution is -2.45. The Balaban J connectivity index is 2.06. The van der Waals surface area contributed by atoms with E-state index in [4.69, 9.17) is 9.84 Å². The number of rotatable bonds is 4. The Morgan fingerprint density at radius 3 is 2.65 bits per heavy atom. The molecule has 0 saturated heterocycles. The average Bonchev–Trinajstić information content (AvgIpc) is 2.26. The number of carboxylic acids is 1. The zero-order valence-electron chi connectivity index (χ0n) is 10.1. The molecule has 1 N–H and O–H groups in total. The molecule has 0 atom stereocenters. The summed E-state index contributed by atoms with van der Waals surface area (Å²) in [6.45, 7) is 0. The Labute approximate surface area is 101 Å². The fourth-order valence-corrected chi connectivity index (χ4v) is 2.22. The fraction of sp³-hybridized carbons (Fsp3) is 0.462. The van der Waals surface area contributed by atoms with Crippen LogP contribution in [0.2, 0.25) is 0 Å². The van der Waals surface area contributed by atoms with E-state index < -0.39 is 5.97 Å². The van der Waals surface area contributed by atoms with E-state index in [2.05, 4.69) is 4.90 Å². The second-order valence-corrected chi connectivity index (χ2v) is 4.44. The van der Waals surface area contributed by atoms with Gasteiger partial charge in [-0.05, 0) is 25.0 Å². The van der Waals surface area contributed by atoms with E-state index in [-0.39, 0.29) is 5.92 Å². The molecular weight excluding hydrogens is 218 g/mol. The molecule has 0 spiro atoms. The van der Waals surface area contributed by atoms with Gasteiger partial charge >= 0.3 is 5.97 Å². The molecule has 1 fully saturated rings. The zero-order valence-corrected chi connectivity index (χ0v) is 10.1. The Morgan fingerprint density at radius 1 is 1.41 bits per heavy atom. The summed E-state index contributed by atoms with van der Waals surface area (Å²) in [4.78, 5) is 12.9. The van der Waals surface area contributed by atoms with E-state index in [1.807, 2.05) is 31.3 Å². The highest BCUT2D eigenvalue weighted by molar-refractivity contribution is 5.72. The predicted octanol–water partition coefficient (Wildman–Crippen LogP) is 1.99. The van der Waals surface area contributed by atoms with E-state index in [1.54, 1.807) is 7.11 Å². The molecule has 92 valence electrons. The van der Waals surface area contributed by atoms with Gasteiger partial charge in [0.05, 0.1) is 18.7 Å². The van der Waals surface area contributed by atoms with E-state index in [1.165, 1.54) is 0 Å². The molecular formula is C13H17NO3. The Morgan fingerprint density at radius 2 is 2.06 bits per heavy atom. The lowest BCUT2D eigenvalue weighted by molar-refractivity contribution is -0.145. The molecule has 2 rings (SSSR count). The van der Waals surface area contributed by atoms with Crippen LogP contribution in [-0.4, -0.2) is 31.3 Å². The molecule has 1 aromatic carbocycles. The summed E-state index contributed by atoms with van der Waals surface area (Å²) in [5.41, 5.74) is 1.02. The van der Waals surface area contributed by atoms with Gasteiger partial charge in [-0.2, -0.15) is 0 Å². The highest BCUT2D eigenvalue weighted by Gasteiger charge is 2.37. The van der Waals surface area contributed by atoms with E-state index in [0.717, 1.165) is 11.4 Å². The van der Waals surface area contributed by atoms with Gasteiger partial charge in [0.1, 0.15) is 5.75 Å². The average molecular weight is 235 g/mol. The number of nitrogens with zero attached hydrogens (tertiary/aromatic N) is 1. The number of anilines is 1. The summed E-state index contributed by atoms with van der Waals surface area (Å²) in [6, 6.07) is 8.09. The molecule has 4 nitrogen and oxygen atoms in total. The van der Waals surface area contributed by atoms with Gasteiger partial charge in [-0.3, -0.25) is 4.79 Å². The van der Waals surface area contributed by atoms with Crippen molar-refractivity contribution in [1.29, 1.82) is 0 Å². The number of ether oxygens (including phenoxy) is 1. The van der Waals surface area contributed by atoms with Crippen molar-refractivity contribution in [3.05, 3.63) is 24.3 Å². The van der Waals surface area contributed by atoms with Gasteiger partial charge in [0, 0.05) is 13.1 Å². The van der Waals surface area contributed by atoms with Gasteiger partial charge in [0.2, 0.25) is 0 Å². The molecule has 0 unspecified atom stereocenters. The molecule has 0 heterocycles. The van der Waals surface area contributed by atoms with Crippen LogP contribution in [0.25, 0.3) is 0 Å². The number of carbonyl (C=O) groups is 1. The zero-order chi connectivity index (χ0) is 12.4. The molecule has 0 aliphatic heterocycles. The Bertz CT molecular complexity index is 413. The molecule has 1 aliphatic carbocycles. The lowest BCUT2D eigenvalue weighted by Gasteiger charge is -2.40. The van der Waals surface area contributed by atoms with Crippen molar-refractivity contribution in [2.24, 2.45) is 5.92 Å². The molecule has 0 radical (unpaired) electrons. The first-order valence-electron chi connectivity index (χ1n) is 5.72. The van der Waals surface area contributed by atoms with Crippen LogP contribution in [-0.2, 0) is 4.79 Å². The normalized spacial score (nSPS) is 22.7. The summed E-state index contributed by atoms with van der Waals surface area (Å²) in [7, 11) is 3.63. The maximum atomic E-state index is 10.8. The molecule has 0 bridgehead atoms. The van der Waals surface area contributed by atoms with Crippen LogP contribution in [0.3, 0.4) is 0 Å². The largest absolute Gasteiger partial charge is 0.495 e. The van der Waals surface area contributed by atoms with Gasteiger partial charge < -0.3 is 14.7 Å². The van der Waals surface area contributed by atoms with E-state index in [9.17, 15) is 4.79 Å². The molecule has 17 heavy (non-hydrogen) atoms. The molecule has 4 heteroatoms. The smallest absolute Gasteiger partial charge is 0.306 e. The van der Waals surface area contributed by atoms with E-state index in [0.29, 0.717) is 18.9 Å². The monoisotopic (exact) mass is 235 g/mol. The highest BCUT2D eigenvalue weighted by Crippen LogP contribution is 2.37. The third-order valence-electron chi connectivity index (χ3n) is 3.48. The summed E-state index contributed by atoms with van der Waals surface area (Å²) in [6.07, 6.45) is 1.42. The predicted molar refractivity (Wildman–Crippen MR) is 65.5 cm³/mol. The number of methoxy groups -OCH3 is 1. The van der Waals surface area contributed by atoms with Crippen molar-refractivity contribution >= 4 is 11.7 Å². The van der Waals surface area contributed by atoms with E-state index >= 15 is 0 Å². The third-order valence-corrected chi connectivity index (χ3v) is 3.48. The molecule has 1 aromatic rings. The molecule has 1 aliphatic rings. The van der Waals surface area contributed by atoms with Crippen molar-refractivity contribution in [2.45, 2.75) is 18.9 Å². The third kappa shape index (κ3) is 2.20. The van der Waals surface area contributed by atoms with Crippen LogP contribution in [0.5, 0.6) is 5.75 Å². The molecule has 0 aromatic heterocycles. The van der Waals surface area contributed by atoms with Crippen molar-refractivity contribution in [2.75, 3.05) is 19.1 Å². The van der Waals surface area contributed by atoms with Crippen LogP contribution < -0.4 is 9.64 Å². The van der Waals surface area contributed by atoms with Gasteiger partial charge in [0.25, 0.3) is 0 Å². The number of aliphatic carboxylic acids is 1. The first-order valence-corrected chi connectivity index (χ1v) is 5.72. The van der Waals surface area contributed by atoms with Gasteiger partial charge in [-0.25, -0.2) is 0 Å². The summed E-state index contributed by atoms with van der Waals surface area (Å²) < 4.78 is 5.30. The molecule has 1 saturated carbocycles. The summed E-state index contributed by atoms with van der Waals surface area (Å²) in [5, 5.41) is 8.86. The maximum absolute atomic E-state index is 10.8. The van der Waals surface area contributed by atoms with Crippen LogP contribution in [0.15, 0.2) is 24.3 Å². The lowest BCUT2D eigenvalue weighted by atomic mass is 9.79.